The van der Waals surface area contributed by atoms with Crippen LogP contribution in [0.2, 0.25) is 0 Å². The molecule has 0 heterocycles. The number of hydrogen-bond acceptors (Lipinski definition) is 4. The Kier molecular flexibility index (Phi) is 8.22. The van der Waals surface area contributed by atoms with Gasteiger partial charge in [0.25, 0.3) is 10.0 Å². The van der Waals surface area contributed by atoms with Crippen LogP contribution in [0.25, 0.3) is 0 Å². The van der Waals surface area contributed by atoms with Crippen molar-refractivity contribution < 1.29 is 17.9 Å². The van der Waals surface area contributed by atoms with Crippen LogP contribution in [0, 0.1) is 6.92 Å². The molecule has 3 aromatic carbocycles. The molecule has 1 N–H and O–H groups in total. The lowest BCUT2D eigenvalue weighted by Gasteiger charge is -2.30. The zero-order valence-electron chi connectivity index (χ0n) is 21.0. The van der Waals surface area contributed by atoms with E-state index in [0.717, 1.165) is 4.31 Å². The van der Waals surface area contributed by atoms with E-state index in [2.05, 4.69) is 31.3 Å². The summed E-state index contributed by atoms with van der Waals surface area (Å²) in [5.74, 6) is 0.238. The summed E-state index contributed by atoms with van der Waals surface area (Å²) in [5, 5.41) is 2.99. The van der Waals surface area contributed by atoms with Gasteiger partial charge in [-0.3, -0.25) is 9.10 Å². The van der Waals surface area contributed by atoms with E-state index in [4.69, 9.17) is 4.74 Å². The van der Waals surface area contributed by atoms with Crippen molar-refractivity contribution in [1.29, 1.82) is 0 Å². The van der Waals surface area contributed by atoms with Crippen LogP contribution in [0.3, 0.4) is 0 Å². The summed E-state index contributed by atoms with van der Waals surface area (Å²) in [7, 11) is -2.45. The number of para-hydroxylation sites is 1. The fraction of sp³-hybridized carbons (Fsp3) is 0.321. The second-order valence-corrected chi connectivity index (χ2v) is 11.3. The number of methoxy groups -OCH3 is 1. The molecule has 7 heteroatoms. The van der Waals surface area contributed by atoms with Gasteiger partial charge in [0, 0.05) is 6.04 Å². The number of sulfonamides is 1. The molecule has 0 aromatic heterocycles. The van der Waals surface area contributed by atoms with Crippen LogP contribution in [-0.4, -0.2) is 34.0 Å². The Bertz CT molecular complexity index is 1240. The maximum atomic E-state index is 13.6. The molecule has 35 heavy (non-hydrogen) atoms. The molecule has 0 aliphatic rings. The smallest absolute Gasteiger partial charge is 0.264 e. The van der Waals surface area contributed by atoms with Gasteiger partial charge >= 0.3 is 0 Å². The van der Waals surface area contributed by atoms with Gasteiger partial charge in [-0.25, -0.2) is 8.42 Å². The molecule has 0 fully saturated rings. The maximum Gasteiger partial charge on any atom is 0.264 e. The molecule has 0 saturated carbocycles. The molecule has 0 saturated heterocycles. The number of rotatable bonds is 10. The number of nitrogens with zero attached hydrogens (tertiary/aromatic N) is 1. The van der Waals surface area contributed by atoms with Crippen molar-refractivity contribution in [2.45, 2.75) is 50.5 Å². The molecular formula is C28H34N2O4S. The Hall–Kier alpha value is -3.32. The van der Waals surface area contributed by atoms with Crippen LogP contribution in [0.15, 0.2) is 83.8 Å². The van der Waals surface area contributed by atoms with E-state index >= 15 is 0 Å². The maximum absolute atomic E-state index is 13.6. The average Bonchev–Trinajstić information content (AvgIpc) is 2.83. The van der Waals surface area contributed by atoms with Gasteiger partial charge in [0.05, 0.1) is 17.7 Å². The van der Waals surface area contributed by atoms with E-state index in [-0.39, 0.29) is 28.8 Å². The third kappa shape index (κ3) is 6.42. The van der Waals surface area contributed by atoms with Gasteiger partial charge < -0.3 is 10.1 Å². The summed E-state index contributed by atoms with van der Waals surface area (Å²) in [4.78, 5) is 13.2. The summed E-state index contributed by atoms with van der Waals surface area (Å²) in [5.41, 5.74) is 2.15. The monoisotopic (exact) mass is 494 g/mol. The van der Waals surface area contributed by atoms with Crippen molar-refractivity contribution in [3.05, 3.63) is 90.0 Å². The third-order valence-corrected chi connectivity index (χ3v) is 7.83. The van der Waals surface area contributed by atoms with Gasteiger partial charge in [0.2, 0.25) is 5.91 Å². The highest BCUT2D eigenvalue weighted by molar-refractivity contribution is 7.92. The molecule has 3 rings (SSSR count). The van der Waals surface area contributed by atoms with Crippen LogP contribution in [0.1, 0.15) is 38.3 Å². The molecule has 6 nitrogen and oxygen atoms in total. The quantitative estimate of drug-likeness (QED) is 0.427. The van der Waals surface area contributed by atoms with Crippen LogP contribution >= 0.6 is 0 Å². The third-order valence-electron chi connectivity index (χ3n) is 6.06. The van der Waals surface area contributed by atoms with E-state index in [1.807, 2.05) is 25.1 Å². The summed E-state index contributed by atoms with van der Waals surface area (Å²) in [6.45, 7) is 7.67. The predicted molar refractivity (Wildman–Crippen MR) is 140 cm³/mol. The Morgan fingerprint density at radius 3 is 2.17 bits per heavy atom. The van der Waals surface area contributed by atoms with Crippen LogP contribution in [0.5, 0.6) is 5.75 Å². The molecule has 0 radical (unpaired) electrons. The second-order valence-electron chi connectivity index (χ2n) is 9.40. The number of amides is 1. The summed E-state index contributed by atoms with van der Waals surface area (Å²) < 4.78 is 33.7. The van der Waals surface area contributed by atoms with Gasteiger partial charge in [-0.2, -0.15) is 0 Å². The molecular weight excluding hydrogens is 460 g/mol. The molecule has 0 aliphatic heterocycles. The average molecular weight is 495 g/mol. The SMILES string of the molecule is COc1ccc(S(=O)(=O)N(CC(=O)NC(C)CC(C)(C)c2ccccc2)c2ccccc2)cc1C. The Morgan fingerprint density at radius 1 is 1.00 bits per heavy atom. The van der Waals surface area contributed by atoms with Crippen molar-refractivity contribution >= 4 is 21.6 Å². The number of aryl methyl sites for hydroxylation is 1. The Morgan fingerprint density at radius 2 is 1.60 bits per heavy atom. The van der Waals surface area contributed by atoms with E-state index in [0.29, 0.717) is 23.4 Å². The number of anilines is 1. The van der Waals surface area contributed by atoms with Crippen molar-refractivity contribution in [3.63, 3.8) is 0 Å². The second kappa shape index (κ2) is 11.0. The molecule has 1 atom stereocenters. The molecule has 3 aromatic rings. The largest absolute Gasteiger partial charge is 0.496 e. The van der Waals surface area contributed by atoms with Crippen LogP contribution in [0.4, 0.5) is 5.69 Å². The highest BCUT2D eigenvalue weighted by Gasteiger charge is 2.29. The van der Waals surface area contributed by atoms with Gasteiger partial charge in [0.15, 0.2) is 0 Å². The molecule has 1 amide bonds. The van der Waals surface area contributed by atoms with Gasteiger partial charge in [-0.05, 0) is 67.1 Å². The lowest BCUT2D eigenvalue weighted by atomic mass is 9.79. The number of hydrogen-bond donors (Lipinski definition) is 1. The fourth-order valence-corrected chi connectivity index (χ4v) is 5.83. The Labute approximate surface area is 209 Å². The summed E-state index contributed by atoms with van der Waals surface area (Å²) in [6.07, 6.45) is 0.707. The van der Waals surface area contributed by atoms with Crippen LogP contribution in [-0.2, 0) is 20.2 Å². The lowest BCUT2D eigenvalue weighted by Crippen LogP contribution is -2.45. The van der Waals surface area contributed by atoms with E-state index in [1.165, 1.54) is 18.7 Å². The Balaban J connectivity index is 1.81. The standard InChI is InChI=1S/C28H34N2O4S/c1-21-18-25(16-17-26(21)34-5)35(32,33)30(24-14-10-7-11-15-24)20-27(31)29-22(2)19-28(3,4)23-12-8-6-9-13-23/h6-18,22H,19-20H2,1-5H3,(H,29,31). The number of carbonyl (C=O) groups excluding carboxylic acids is 1. The fourth-order valence-electron chi connectivity index (χ4n) is 4.32. The minimum atomic E-state index is -3.99. The number of benzene rings is 3. The molecule has 0 aliphatic carbocycles. The summed E-state index contributed by atoms with van der Waals surface area (Å²) in [6, 6.07) is 23.4. The number of carbonyl (C=O) groups is 1. The minimum Gasteiger partial charge on any atom is -0.496 e. The first-order chi connectivity index (χ1) is 16.5. The van der Waals surface area contributed by atoms with Gasteiger partial charge in [0.1, 0.15) is 12.3 Å². The van der Waals surface area contributed by atoms with Gasteiger partial charge in [-0.15, -0.1) is 0 Å². The van der Waals surface area contributed by atoms with Crippen LogP contribution < -0.4 is 14.4 Å². The first-order valence-electron chi connectivity index (χ1n) is 11.6. The molecule has 186 valence electrons. The highest BCUT2D eigenvalue weighted by atomic mass is 32.2. The first kappa shape index (κ1) is 26.3. The lowest BCUT2D eigenvalue weighted by molar-refractivity contribution is -0.120. The van der Waals surface area contributed by atoms with E-state index in [1.54, 1.807) is 49.4 Å². The van der Waals surface area contributed by atoms with Crippen molar-refractivity contribution in [3.8, 4) is 5.75 Å². The van der Waals surface area contributed by atoms with Crippen molar-refractivity contribution in [2.24, 2.45) is 0 Å². The van der Waals surface area contributed by atoms with Crippen molar-refractivity contribution in [2.75, 3.05) is 18.0 Å². The summed E-state index contributed by atoms with van der Waals surface area (Å²) >= 11 is 0. The predicted octanol–water partition coefficient (Wildman–Crippen LogP) is 5.07. The number of ether oxygens (including phenoxy) is 1. The first-order valence-corrected chi connectivity index (χ1v) is 13.1. The van der Waals surface area contributed by atoms with Gasteiger partial charge in [-0.1, -0.05) is 62.4 Å². The van der Waals surface area contributed by atoms with E-state index in [9.17, 15) is 13.2 Å². The van der Waals surface area contributed by atoms with Crippen molar-refractivity contribution in [1.82, 2.24) is 5.32 Å². The molecule has 1 unspecified atom stereocenters. The zero-order valence-corrected chi connectivity index (χ0v) is 21.8. The molecule has 0 spiro atoms. The highest BCUT2D eigenvalue weighted by Crippen LogP contribution is 2.29. The normalized spacial score (nSPS) is 12.6. The minimum absolute atomic E-state index is 0.103. The van der Waals surface area contributed by atoms with E-state index < -0.39 is 10.0 Å². The number of nitrogens with one attached hydrogen (secondary N) is 1. The molecule has 0 bridgehead atoms. The zero-order chi connectivity index (χ0) is 25.6. The topological polar surface area (TPSA) is 75.7 Å².